The van der Waals surface area contributed by atoms with Crippen molar-refractivity contribution in [3.05, 3.63) is 11.4 Å². The lowest BCUT2D eigenvalue weighted by Crippen LogP contribution is -2.41. The molecule has 0 heterocycles. The molecule has 0 bridgehead atoms. The van der Waals surface area contributed by atoms with Crippen molar-refractivity contribution >= 4 is 6.09 Å². The first-order valence-electron chi connectivity index (χ1n) is 5.60. The highest BCUT2D eigenvalue weighted by Crippen LogP contribution is 2.12. The van der Waals surface area contributed by atoms with Crippen LogP contribution in [0.4, 0.5) is 4.79 Å². The molecule has 0 aromatic rings. The van der Waals surface area contributed by atoms with Crippen LogP contribution in [0.15, 0.2) is 0 Å². The predicted octanol–water partition coefficient (Wildman–Crippen LogP) is 2.94. The topological polar surface area (TPSA) is 33.9 Å². The van der Waals surface area contributed by atoms with Gasteiger partial charge in [-0.3, -0.25) is 0 Å². The van der Waals surface area contributed by atoms with E-state index in [4.69, 9.17) is 11.3 Å². The molecule has 0 radical (unpaired) electrons. The Kier molecular flexibility index (Phi) is 5.87. The molecular weight excluding hydrogens is 204 g/mol. The van der Waals surface area contributed by atoms with Gasteiger partial charge in [-0.25, -0.2) is 11.4 Å². The van der Waals surface area contributed by atoms with E-state index in [0.717, 1.165) is 0 Å². The van der Waals surface area contributed by atoms with E-state index in [2.05, 4.69) is 4.85 Å². The van der Waals surface area contributed by atoms with E-state index in [9.17, 15) is 4.79 Å². The van der Waals surface area contributed by atoms with Gasteiger partial charge in [0.15, 0.2) is 0 Å². The number of carbonyl (C=O) groups is 1. The Labute approximate surface area is 98.4 Å². The van der Waals surface area contributed by atoms with Crippen molar-refractivity contribution in [2.75, 3.05) is 13.1 Å². The summed E-state index contributed by atoms with van der Waals surface area (Å²) in [5.74, 6) is 0. The summed E-state index contributed by atoms with van der Waals surface area (Å²) < 4.78 is 5.30. The van der Waals surface area contributed by atoms with Gasteiger partial charge in [0.1, 0.15) is 5.60 Å². The lowest BCUT2D eigenvalue weighted by molar-refractivity contribution is 0.0191. The lowest BCUT2D eigenvalue weighted by atomic mass is 10.2. The molecule has 1 amide bonds. The smallest absolute Gasteiger partial charge is 0.410 e. The number of nitrogens with zero attached hydrogens (tertiary/aromatic N) is 2. The summed E-state index contributed by atoms with van der Waals surface area (Å²) in [7, 11) is 0. The van der Waals surface area contributed by atoms with Gasteiger partial charge in [0.05, 0.1) is 0 Å². The van der Waals surface area contributed by atoms with Gasteiger partial charge in [0, 0.05) is 19.0 Å². The second kappa shape index (κ2) is 6.37. The molecule has 0 aliphatic rings. The minimum absolute atomic E-state index is 0.0978. The number of hydrogen-bond acceptors (Lipinski definition) is 2. The maximum absolute atomic E-state index is 11.8. The average Bonchev–Trinajstić information content (AvgIpc) is 2.08. The van der Waals surface area contributed by atoms with Gasteiger partial charge in [-0.1, -0.05) is 0 Å². The summed E-state index contributed by atoms with van der Waals surface area (Å²) >= 11 is 0. The van der Waals surface area contributed by atoms with Gasteiger partial charge in [0.2, 0.25) is 6.54 Å². The molecule has 0 N–H and O–H groups in total. The summed E-state index contributed by atoms with van der Waals surface area (Å²) in [6, 6.07) is 0.0978. The molecule has 0 aliphatic carbocycles. The Morgan fingerprint density at radius 1 is 1.44 bits per heavy atom. The Balaban J connectivity index is 4.31. The maximum Gasteiger partial charge on any atom is 0.410 e. The molecule has 4 heteroatoms. The Morgan fingerprint density at radius 2 is 2.00 bits per heavy atom. The van der Waals surface area contributed by atoms with Gasteiger partial charge in [0.25, 0.3) is 0 Å². The molecule has 0 saturated carbocycles. The Hall–Kier alpha value is -1.24. The monoisotopic (exact) mass is 226 g/mol. The zero-order chi connectivity index (χ0) is 12.8. The molecule has 0 aromatic carbocycles. The van der Waals surface area contributed by atoms with Gasteiger partial charge < -0.3 is 14.5 Å². The Morgan fingerprint density at radius 3 is 2.38 bits per heavy atom. The summed E-state index contributed by atoms with van der Waals surface area (Å²) in [5, 5.41) is 0. The largest absolute Gasteiger partial charge is 0.444 e. The molecule has 4 nitrogen and oxygen atoms in total. The second-order valence-electron chi connectivity index (χ2n) is 5.00. The van der Waals surface area contributed by atoms with E-state index in [1.54, 1.807) is 4.90 Å². The molecule has 0 fully saturated rings. The second-order valence-corrected chi connectivity index (χ2v) is 5.00. The first-order valence-corrected chi connectivity index (χ1v) is 5.60. The highest BCUT2D eigenvalue weighted by atomic mass is 16.6. The standard InChI is InChI=1S/C12H22N2O2/c1-10(2)14(9-7-8-13-6)11(15)16-12(3,4)5/h10H,7-9H2,1-5H3. The van der Waals surface area contributed by atoms with Gasteiger partial charge in [-0.05, 0) is 34.6 Å². The molecule has 0 atom stereocenters. The van der Waals surface area contributed by atoms with E-state index in [1.165, 1.54) is 0 Å². The molecule has 0 unspecified atom stereocenters. The van der Waals surface area contributed by atoms with Crippen LogP contribution >= 0.6 is 0 Å². The number of amides is 1. The first-order chi connectivity index (χ1) is 7.28. The van der Waals surface area contributed by atoms with E-state index < -0.39 is 5.60 Å². The van der Waals surface area contributed by atoms with Crippen LogP contribution in [-0.4, -0.2) is 35.7 Å². The quantitative estimate of drug-likeness (QED) is 0.545. The van der Waals surface area contributed by atoms with Gasteiger partial charge >= 0.3 is 6.09 Å². The maximum atomic E-state index is 11.8. The average molecular weight is 226 g/mol. The fraction of sp³-hybridized carbons (Fsp3) is 0.833. The van der Waals surface area contributed by atoms with Crippen molar-refractivity contribution < 1.29 is 9.53 Å². The first kappa shape index (κ1) is 14.8. The van der Waals surface area contributed by atoms with Crippen LogP contribution in [0, 0.1) is 6.57 Å². The molecule has 0 aromatic heterocycles. The van der Waals surface area contributed by atoms with Crippen molar-refractivity contribution in [1.82, 2.24) is 4.90 Å². The number of rotatable bonds is 4. The van der Waals surface area contributed by atoms with Crippen LogP contribution in [0.2, 0.25) is 0 Å². The highest BCUT2D eigenvalue weighted by Gasteiger charge is 2.23. The summed E-state index contributed by atoms with van der Waals surface area (Å²) in [6.07, 6.45) is 0.397. The van der Waals surface area contributed by atoms with Gasteiger partial charge in [-0.2, -0.15) is 0 Å². The van der Waals surface area contributed by atoms with E-state index in [-0.39, 0.29) is 12.1 Å². The SMILES string of the molecule is [C-]#[N+]CCCN(C(=O)OC(C)(C)C)C(C)C. The fourth-order valence-electron chi connectivity index (χ4n) is 1.20. The van der Waals surface area contributed by atoms with Gasteiger partial charge in [-0.15, -0.1) is 0 Å². The zero-order valence-corrected chi connectivity index (χ0v) is 10.9. The van der Waals surface area contributed by atoms with Crippen molar-refractivity contribution in [2.24, 2.45) is 0 Å². The van der Waals surface area contributed by atoms with E-state index >= 15 is 0 Å². The minimum Gasteiger partial charge on any atom is -0.444 e. The normalized spacial score (nSPS) is 11.1. The van der Waals surface area contributed by atoms with E-state index in [1.807, 2.05) is 34.6 Å². The molecular formula is C12H22N2O2. The third kappa shape index (κ3) is 6.28. The van der Waals surface area contributed by atoms with Crippen LogP contribution in [0.1, 0.15) is 41.0 Å². The third-order valence-electron chi connectivity index (χ3n) is 1.92. The summed E-state index contributed by atoms with van der Waals surface area (Å²) in [5.41, 5.74) is -0.468. The van der Waals surface area contributed by atoms with Crippen LogP contribution in [0.5, 0.6) is 0 Å². The molecule has 92 valence electrons. The van der Waals surface area contributed by atoms with Crippen molar-refractivity contribution in [2.45, 2.75) is 52.7 Å². The van der Waals surface area contributed by atoms with Crippen LogP contribution in [0.25, 0.3) is 4.85 Å². The van der Waals surface area contributed by atoms with Crippen molar-refractivity contribution in [3.63, 3.8) is 0 Å². The predicted molar refractivity (Wildman–Crippen MR) is 64.2 cm³/mol. The fourth-order valence-corrected chi connectivity index (χ4v) is 1.20. The molecule has 0 rings (SSSR count). The summed E-state index contributed by atoms with van der Waals surface area (Å²) in [4.78, 5) is 16.8. The number of hydrogen-bond donors (Lipinski definition) is 0. The molecule has 0 spiro atoms. The van der Waals surface area contributed by atoms with Crippen LogP contribution in [0.3, 0.4) is 0 Å². The van der Waals surface area contributed by atoms with Crippen molar-refractivity contribution in [3.8, 4) is 0 Å². The third-order valence-corrected chi connectivity index (χ3v) is 1.92. The summed E-state index contributed by atoms with van der Waals surface area (Å²) in [6.45, 7) is 17.2. The minimum atomic E-state index is -0.468. The molecule has 16 heavy (non-hydrogen) atoms. The number of carbonyl (C=O) groups excluding carboxylic acids is 1. The molecule has 0 saturated heterocycles. The zero-order valence-electron chi connectivity index (χ0n) is 10.9. The lowest BCUT2D eigenvalue weighted by Gasteiger charge is -2.29. The van der Waals surface area contributed by atoms with E-state index in [0.29, 0.717) is 19.5 Å². The number of ether oxygens (including phenoxy) is 1. The van der Waals surface area contributed by atoms with Crippen LogP contribution < -0.4 is 0 Å². The highest BCUT2D eigenvalue weighted by molar-refractivity contribution is 5.68. The van der Waals surface area contributed by atoms with Crippen molar-refractivity contribution in [1.29, 1.82) is 0 Å². The Bertz CT molecular complexity index is 261. The molecule has 0 aliphatic heterocycles. The van der Waals surface area contributed by atoms with Crippen LogP contribution in [-0.2, 0) is 4.74 Å².